The van der Waals surface area contributed by atoms with Gasteiger partial charge in [-0.25, -0.2) is 4.79 Å². The number of rotatable bonds is 5. The summed E-state index contributed by atoms with van der Waals surface area (Å²) in [5.41, 5.74) is 5.39. The van der Waals surface area contributed by atoms with E-state index in [0.29, 0.717) is 26.2 Å². The summed E-state index contributed by atoms with van der Waals surface area (Å²) >= 11 is 0. The second-order valence-corrected chi connectivity index (χ2v) is 6.77. The molecule has 6 heteroatoms. The summed E-state index contributed by atoms with van der Waals surface area (Å²) < 4.78 is 11.0. The molecule has 0 bridgehead atoms. The molecule has 0 spiro atoms. The van der Waals surface area contributed by atoms with Crippen LogP contribution in [0.1, 0.15) is 34.6 Å². The Morgan fingerprint density at radius 1 is 1.33 bits per heavy atom. The van der Waals surface area contributed by atoms with Crippen LogP contribution in [0.2, 0.25) is 0 Å². The summed E-state index contributed by atoms with van der Waals surface area (Å²) in [5.74, 6) is 0. The van der Waals surface area contributed by atoms with E-state index in [0.717, 1.165) is 13.1 Å². The van der Waals surface area contributed by atoms with Crippen molar-refractivity contribution >= 4 is 6.09 Å². The number of nitrogens with two attached hydrogens (primary N) is 1. The minimum absolute atomic E-state index is 0.169. The highest BCUT2D eigenvalue weighted by molar-refractivity contribution is 5.68. The van der Waals surface area contributed by atoms with Gasteiger partial charge < -0.3 is 20.1 Å². The van der Waals surface area contributed by atoms with Crippen LogP contribution in [0, 0.1) is 0 Å². The molecule has 1 amide bonds. The number of carbonyl (C=O) groups is 1. The molecule has 0 saturated carbocycles. The number of ether oxygens (including phenoxy) is 2. The first kappa shape index (κ1) is 18.2. The van der Waals surface area contributed by atoms with Crippen molar-refractivity contribution in [2.45, 2.75) is 52.4 Å². The van der Waals surface area contributed by atoms with E-state index in [1.54, 1.807) is 4.90 Å². The summed E-state index contributed by atoms with van der Waals surface area (Å²) in [6, 6.07) is 0.169. The van der Waals surface area contributed by atoms with Gasteiger partial charge in [0.15, 0.2) is 0 Å². The number of piperazine rings is 1. The first-order valence-corrected chi connectivity index (χ1v) is 7.76. The molecule has 1 unspecified atom stereocenters. The number of amides is 1. The lowest BCUT2D eigenvalue weighted by Crippen LogP contribution is -2.58. The van der Waals surface area contributed by atoms with Gasteiger partial charge in [-0.2, -0.15) is 0 Å². The van der Waals surface area contributed by atoms with Gasteiger partial charge in [-0.15, -0.1) is 0 Å². The van der Waals surface area contributed by atoms with Crippen LogP contribution in [-0.2, 0) is 9.47 Å². The van der Waals surface area contributed by atoms with Crippen LogP contribution < -0.4 is 5.73 Å². The Hall–Kier alpha value is -0.850. The van der Waals surface area contributed by atoms with E-state index in [1.165, 1.54) is 0 Å². The molecule has 1 rings (SSSR count). The Kier molecular flexibility index (Phi) is 6.90. The van der Waals surface area contributed by atoms with E-state index in [4.69, 9.17) is 15.2 Å². The third kappa shape index (κ3) is 6.63. The van der Waals surface area contributed by atoms with Crippen molar-refractivity contribution < 1.29 is 14.3 Å². The zero-order chi connectivity index (χ0) is 16.0. The molecule has 0 aromatic rings. The fourth-order valence-electron chi connectivity index (χ4n) is 2.31. The zero-order valence-corrected chi connectivity index (χ0v) is 14.1. The van der Waals surface area contributed by atoms with Crippen LogP contribution in [0.4, 0.5) is 4.79 Å². The van der Waals surface area contributed by atoms with Crippen molar-refractivity contribution in [2.75, 3.05) is 39.3 Å². The average molecular weight is 301 g/mol. The van der Waals surface area contributed by atoms with Gasteiger partial charge in [0, 0.05) is 38.8 Å². The van der Waals surface area contributed by atoms with E-state index < -0.39 is 5.60 Å². The second-order valence-electron chi connectivity index (χ2n) is 6.77. The van der Waals surface area contributed by atoms with Crippen molar-refractivity contribution in [3.63, 3.8) is 0 Å². The lowest BCUT2D eigenvalue weighted by atomic mass is 10.1. The van der Waals surface area contributed by atoms with Crippen molar-refractivity contribution in [3.8, 4) is 0 Å². The molecule has 1 atom stereocenters. The Morgan fingerprint density at radius 2 is 2.00 bits per heavy atom. The summed E-state index contributed by atoms with van der Waals surface area (Å²) in [4.78, 5) is 16.2. The summed E-state index contributed by atoms with van der Waals surface area (Å²) in [6.07, 6.45) is -0.0107. The van der Waals surface area contributed by atoms with Gasteiger partial charge >= 0.3 is 6.09 Å². The molecule has 0 radical (unpaired) electrons. The molecular weight excluding hydrogens is 270 g/mol. The smallest absolute Gasteiger partial charge is 0.410 e. The molecule has 0 aromatic carbocycles. The minimum Gasteiger partial charge on any atom is -0.444 e. The quantitative estimate of drug-likeness (QED) is 0.829. The Labute approximate surface area is 128 Å². The largest absolute Gasteiger partial charge is 0.444 e. The average Bonchev–Trinajstić information content (AvgIpc) is 2.36. The van der Waals surface area contributed by atoms with Crippen LogP contribution in [0.25, 0.3) is 0 Å². The van der Waals surface area contributed by atoms with Gasteiger partial charge in [-0.05, 0) is 34.6 Å². The lowest BCUT2D eigenvalue weighted by Gasteiger charge is -2.41. The molecule has 124 valence electrons. The number of nitrogens with zero attached hydrogens (tertiary/aromatic N) is 2. The molecule has 6 nitrogen and oxygen atoms in total. The highest BCUT2D eigenvalue weighted by atomic mass is 16.6. The second kappa shape index (κ2) is 7.96. The molecule has 2 N–H and O–H groups in total. The van der Waals surface area contributed by atoms with Gasteiger partial charge in [0.1, 0.15) is 5.60 Å². The Morgan fingerprint density at radius 3 is 2.52 bits per heavy atom. The maximum absolute atomic E-state index is 12.1. The topological polar surface area (TPSA) is 68.0 Å². The van der Waals surface area contributed by atoms with Crippen LogP contribution >= 0.6 is 0 Å². The van der Waals surface area contributed by atoms with Crippen LogP contribution in [0.15, 0.2) is 0 Å². The van der Waals surface area contributed by atoms with Crippen molar-refractivity contribution in [1.82, 2.24) is 9.80 Å². The van der Waals surface area contributed by atoms with Gasteiger partial charge in [0.05, 0.1) is 12.7 Å². The number of hydrogen-bond donors (Lipinski definition) is 1. The van der Waals surface area contributed by atoms with Crippen LogP contribution in [-0.4, -0.2) is 73.0 Å². The Bertz CT molecular complexity index is 329. The first-order valence-electron chi connectivity index (χ1n) is 7.76. The molecule has 1 heterocycles. The fraction of sp³-hybridized carbons (Fsp3) is 0.933. The van der Waals surface area contributed by atoms with Crippen LogP contribution in [0.3, 0.4) is 0 Å². The van der Waals surface area contributed by atoms with E-state index in [1.807, 2.05) is 34.6 Å². The standard InChI is InChI=1S/C15H31N3O3/c1-12(2)20-9-8-17-6-7-18(11-13(17)10-16)14(19)21-15(3,4)5/h12-13H,6-11,16H2,1-5H3. The van der Waals surface area contributed by atoms with Crippen molar-refractivity contribution in [2.24, 2.45) is 5.73 Å². The summed E-state index contributed by atoms with van der Waals surface area (Å²) in [5, 5.41) is 0. The zero-order valence-electron chi connectivity index (χ0n) is 14.1. The van der Waals surface area contributed by atoms with E-state index in [9.17, 15) is 4.79 Å². The van der Waals surface area contributed by atoms with Crippen molar-refractivity contribution in [1.29, 1.82) is 0 Å². The number of hydrogen-bond acceptors (Lipinski definition) is 5. The highest BCUT2D eigenvalue weighted by Crippen LogP contribution is 2.14. The van der Waals surface area contributed by atoms with Crippen LogP contribution in [0.5, 0.6) is 0 Å². The number of carbonyl (C=O) groups excluding carboxylic acids is 1. The molecule has 0 aromatic heterocycles. The molecule has 0 aliphatic carbocycles. The Balaban J connectivity index is 2.46. The maximum atomic E-state index is 12.1. The SMILES string of the molecule is CC(C)OCCN1CCN(C(=O)OC(C)(C)C)CC1CN. The molecule has 1 aliphatic heterocycles. The summed E-state index contributed by atoms with van der Waals surface area (Å²) in [6.45, 7) is 13.9. The first-order chi connectivity index (χ1) is 9.73. The van der Waals surface area contributed by atoms with Gasteiger partial charge in [-0.3, -0.25) is 4.90 Å². The molecule has 21 heavy (non-hydrogen) atoms. The lowest BCUT2D eigenvalue weighted by molar-refractivity contribution is -0.00426. The molecule has 1 aliphatic rings. The maximum Gasteiger partial charge on any atom is 0.410 e. The third-order valence-corrected chi connectivity index (χ3v) is 3.36. The van der Waals surface area contributed by atoms with Gasteiger partial charge in [0.2, 0.25) is 0 Å². The van der Waals surface area contributed by atoms with E-state index in [2.05, 4.69) is 4.90 Å². The van der Waals surface area contributed by atoms with E-state index in [-0.39, 0.29) is 18.2 Å². The monoisotopic (exact) mass is 301 g/mol. The predicted molar refractivity (Wildman–Crippen MR) is 83.3 cm³/mol. The molecule has 1 fully saturated rings. The van der Waals surface area contributed by atoms with Gasteiger partial charge in [-0.1, -0.05) is 0 Å². The molecule has 1 saturated heterocycles. The minimum atomic E-state index is -0.461. The third-order valence-electron chi connectivity index (χ3n) is 3.36. The predicted octanol–water partition coefficient (Wildman–Crippen LogP) is 1.29. The summed E-state index contributed by atoms with van der Waals surface area (Å²) in [7, 11) is 0. The van der Waals surface area contributed by atoms with Crippen molar-refractivity contribution in [3.05, 3.63) is 0 Å². The van der Waals surface area contributed by atoms with Gasteiger partial charge in [0.25, 0.3) is 0 Å². The molecular formula is C15H31N3O3. The van der Waals surface area contributed by atoms with E-state index >= 15 is 0 Å². The normalized spacial score (nSPS) is 20.9. The highest BCUT2D eigenvalue weighted by Gasteiger charge is 2.31. The fourth-order valence-corrected chi connectivity index (χ4v) is 2.31.